The fourth-order valence-electron chi connectivity index (χ4n) is 1.79. The number of aromatic nitrogens is 2. The summed E-state index contributed by atoms with van der Waals surface area (Å²) in [6.45, 7) is 2.17. The average Bonchev–Trinajstić information content (AvgIpc) is 2.64. The molecule has 0 fully saturated rings. The summed E-state index contributed by atoms with van der Waals surface area (Å²) in [5, 5.41) is 14.8. The number of rotatable bonds is 4. The summed E-state index contributed by atoms with van der Waals surface area (Å²) in [6.07, 6.45) is 0. The average molecular weight is 262 g/mol. The van der Waals surface area contributed by atoms with Crippen molar-refractivity contribution in [1.29, 1.82) is 0 Å². The third-order valence-corrected chi connectivity index (χ3v) is 2.75. The molecular formula is C12H14N4O3. The van der Waals surface area contributed by atoms with Crippen LogP contribution >= 0.6 is 0 Å². The van der Waals surface area contributed by atoms with E-state index < -0.39 is 4.92 Å². The maximum absolute atomic E-state index is 10.6. The van der Waals surface area contributed by atoms with Gasteiger partial charge in [-0.05, 0) is 19.1 Å². The van der Waals surface area contributed by atoms with Crippen LogP contribution in [0.5, 0.6) is 11.6 Å². The lowest BCUT2D eigenvalue weighted by atomic mass is 10.2. The molecule has 1 aromatic heterocycles. The lowest BCUT2D eigenvalue weighted by molar-refractivity contribution is -0.384. The van der Waals surface area contributed by atoms with Crippen molar-refractivity contribution in [2.45, 2.75) is 13.5 Å². The zero-order valence-corrected chi connectivity index (χ0v) is 10.7. The zero-order valence-electron chi connectivity index (χ0n) is 10.7. The molecule has 0 spiro atoms. The van der Waals surface area contributed by atoms with Gasteiger partial charge in [-0.25, -0.2) is 4.68 Å². The maximum atomic E-state index is 10.6. The predicted octanol–water partition coefficient (Wildman–Crippen LogP) is 1.89. The molecule has 0 unspecified atom stereocenters. The lowest BCUT2D eigenvalue weighted by Gasteiger charge is -2.07. The van der Waals surface area contributed by atoms with Crippen molar-refractivity contribution < 1.29 is 9.66 Å². The van der Waals surface area contributed by atoms with Crippen LogP contribution in [0.15, 0.2) is 24.3 Å². The highest BCUT2D eigenvalue weighted by Crippen LogP contribution is 2.27. The van der Waals surface area contributed by atoms with Gasteiger partial charge in [0.1, 0.15) is 5.75 Å². The molecule has 100 valence electrons. The Bertz CT molecular complexity index is 604. The van der Waals surface area contributed by atoms with E-state index in [-0.39, 0.29) is 5.69 Å². The topological polar surface area (TPSA) is 96.2 Å². The molecule has 0 aliphatic rings. The van der Waals surface area contributed by atoms with E-state index >= 15 is 0 Å². The van der Waals surface area contributed by atoms with Crippen LogP contribution in [0.25, 0.3) is 0 Å². The van der Waals surface area contributed by atoms with Gasteiger partial charge in [0.15, 0.2) is 0 Å². The molecular weight excluding hydrogens is 248 g/mol. The van der Waals surface area contributed by atoms with Crippen molar-refractivity contribution in [2.24, 2.45) is 12.8 Å². The van der Waals surface area contributed by atoms with Gasteiger partial charge in [-0.15, -0.1) is 0 Å². The first-order valence-electron chi connectivity index (χ1n) is 5.67. The highest BCUT2D eigenvalue weighted by atomic mass is 16.6. The Labute approximate surface area is 109 Å². The van der Waals surface area contributed by atoms with Gasteiger partial charge in [0, 0.05) is 25.7 Å². The molecule has 0 radical (unpaired) electrons. The van der Waals surface area contributed by atoms with Gasteiger partial charge in [-0.2, -0.15) is 5.10 Å². The second-order valence-electron chi connectivity index (χ2n) is 4.05. The van der Waals surface area contributed by atoms with E-state index in [0.717, 1.165) is 11.3 Å². The Morgan fingerprint density at radius 1 is 1.42 bits per heavy atom. The Kier molecular flexibility index (Phi) is 3.48. The molecule has 7 nitrogen and oxygen atoms in total. The first kappa shape index (κ1) is 13.0. The summed E-state index contributed by atoms with van der Waals surface area (Å²) >= 11 is 0. The van der Waals surface area contributed by atoms with Crippen molar-refractivity contribution in [3.8, 4) is 11.6 Å². The molecule has 19 heavy (non-hydrogen) atoms. The van der Waals surface area contributed by atoms with Crippen molar-refractivity contribution >= 4 is 5.69 Å². The number of benzene rings is 1. The van der Waals surface area contributed by atoms with E-state index in [9.17, 15) is 10.1 Å². The fourth-order valence-corrected chi connectivity index (χ4v) is 1.79. The van der Waals surface area contributed by atoms with Gasteiger partial charge in [0.25, 0.3) is 5.69 Å². The van der Waals surface area contributed by atoms with Crippen molar-refractivity contribution in [3.63, 3.8) is 0 Å². The smallest absolute Gasteiger partial charge is 0.269 e. The molecule has 2 rings (SSSR count). The monoisotopic (exact) mass is 262 g/mol. The number of non-ortho nitro benzene ring substituents is 1. The van der Waals surface area contributed by atoms with Crippen LogP contribution in [0.4, 0.5) is 5.69 Å². The largest absolute Gasteiger partial charge is 0.439 e. The van der Waals surface area contributed by atoms with Crippen molar-refractivity contribution in [2.75, 3.05) is 0 Å². The van der Waals surface area contributed by atoms with Crippen LogP contribution in [0, 0.1) is 17.0 Å². The van der Waals surface area contributed by atoms with Crippen LogP contribution in [-0.2, 0) is 13.6 Å². The number of hydrogen-bond donors (Lipinski definition) is 1. The van der Waals surface area contributed by atoms with Gasteiger partial charge in [-0.1, -0.05) is 0 Å². The van der Waals surface area contributed by atoms with Crippen molar-refractivity contribution in [3.05, 3.63) is 45.6 Å². The zero-order chi connectivity index (χ0) is 14.0. The summed E-state index contributed by atoms with van der Waals surface area (Å²) in [7, 11) is 1.76. The fraction of sp³-hybridized carbons (Fsp3) is 0.250. The molecule has 0 aliphatic carbocycles. The number of nitro groups is 1. The molecule has 0 aliphatic heterocycles. The maximum Gasteiger partial charge on any atom is 0.269 e. The van der Waals surface area contributed by atoms with Crippen molar-refractivity contribution in [1.82, 2.24) is 9.78 Å². The second kappa shape index (κ2) is 5.07. The van der Waals surface area contributed by atoms with E-state index in [1.54, 1.807) is 23.9 Å². The molecule has 0 atom stereocenters. The highest BCUT2D eigenvalue weighted by Gasteiger charge is 2.14. The second-order valence-corrected chi connectivity index (χ2v) is 4.05. The minimum absolute atomic E-state index is 0.0209. The third-order valence-electron chi connectivity index (χ3n) is 2.75. The lowest BCUT2D eigenvalue weighted by Crippen LogP contribution is -2.01. The van der Waals surface area contributed by atoms with Crippen LogP contribution in [-0.4, -0.2) is 14.7 Å². The van der Waals surface area contributed by atoms with Crippen LogP contribution in [0.3, 0.4) is 0 Å². The summed E-state index contributed by atoms with van der Waals surface area (Å²) in [6, 6.07) is 5.86. The SMILES string of the molecule is Cc1nn(C)c(Oc2ccc([N+](=O)[O-])cc2)c1CN. The Hall–Kier alpha value is -2.41. The minimum atomic E-state index is -0.455. The summed E-state index contributed by atoms with van der Waals surface area (Å²) in [5.74, 6) is 1.05. The van der Waals surface area contributed by atoms with E-state index in [0.29, 0.717) is 18.2 Å². The van der Waals surface area contributed by atoms with E-state index in [1.165, 1.54) is 12.1 Å². The molecule has 0 amide bonds. The Morgan fingerprint density at radius 3 is 2.58 bits per heavy atom. The van der Waals surface area contributed by atoms with Gasteiger partial charge >= 0.3 is 0 Å². The first-order valence-corrected chi connectivity index (χ1v) is 5.67. The van der Waals surface area contributed by atoms with Gasteiger partial charge in [0.2, 0.25) is 5.88 Å². The number of nitro benzene ring substituents is 1. The normalized spacial score (nSPS) is 10.5. The third kappa shape index (κ3) is 2.55. The molecule has 0 bridgehead atoms. The summed E-state index contributed by atoms with van der Waals surface area (Å²) < 4.78 is 7.28. The van der Waals surface area contributed by atoms with E-state index in [1.807, 2.05) is 6.92 Å². The summed E-state index contributed by atoms with van der Waals surface area (Å²) in [4.78, 5) is 10.1. The molecule has 0 saturated heterocycles. The number of nitrogens with zero attached hydrogens (tertiary/aromatic N) is 3. The number of ether oxygens (including phenoxy) is 1. The highest BCUT2D eigenvalue weighted by molar-refractivity contribution is 5.40. The number of aryl methyl sites for hydroxylation is 2. The van der Waals surface area contributed by atoms with Gasteiger partial charge in [0.05, 0.1) is 16.2 Å². The van der Waals surface area contributed by atoms with Crippen LogP contribution in [0.1, 0.15) is 11.3 Å². The Morgan fingerprint density at radius 2 is 2.05 bits per heavy atom. The van der Waals surface area contributed by atoms with Crippen LogP contribution < -0.4 is 10.5 Å². The first-order chi connectivity index (χ1) is 9.02. The predicted molar refractivity (Wildman–Crippen MR) is 69.0 cm³/mol. The molecule has 2 N–H and O–H groups in total. The summed E-state index contributed by atoms with van der Waals surface area (Å²) in [5.41, 5.74) is 7.31. The molecule has 1 heterocycles. The Balaban J connectivity index is 2.28. The molecule has 0 saturated carbocycles. The van der Waals surface area contributed by atoms with Gasteiger partial charge in [-0.3, -0.25) is 10.1 Å². The molecule has 1 aromatic carbocycles. The molecule has 2 aromatic rings. The minimum Gasteiger partial charge on any atom is -0.439 e. The van der Waals surface area contributed by atoms with E-state index in [4.69, 9.17) is 10.5 Å². The van der Waals surface area contributed by atoms with E-state index in [2.05, 4.69) is 5.10 Å². The quantitative estimate of drug-likeness (QED) is 0.670. The van der Waals surface area contributed by atoms with Gasteiger partial charge < -0.3 is 10.5 Å². The molecule has 7 heteroatoms. The number of nitrogens with two attached hydrogens (primary N) is 1. The number of hydrogen-bond acceptors (Lipinski definition) is 5. The van der Waals surface area contributed by atoms with Crippen LogP contribution in [0.2, 0.25) is 0 Å². The standard InChI is InChI=1S/C12H14N4O3/c1-8-11(7-13)12(15(2)14-8)19-10-5-3-9(4-6-10)16(17)18/h3-6H,7,13H2,1-2H3.